The van der Waals surface area contributed by atoms with E-state index in [-0.39, 0.29) is 13.0 Å². The molecule has 2 aliphatic rings. The van der Waals surface area contributed by atoms with E-state index in [1.54, 1.807) is 5.01 Å². The second-order valence-electron chi connectivity index (χ2n) is 7.04. The zero-order valence-corrected chi connectivity index (χ0v) is 16.2. The molecule has 4 rings (SSSR count). The van der Waals surface area contributed by atoms with Gasteiger partial charge in [-0.1, -0.05) is 36.4 Å². The Labute approximate surface area is 163 Å². The third-order valence-corrected chi connectivity index (χ3v) is 5.55. The Bertz CT molecular complexity index is 1020. The van der Waals surface area contributed by atoms with Crippen LogP contribution in [0.4, 0.5) is 5.69 Å². The standard InChI is InChI=1S/C19H22N4O4S/c1-28(25,26)27-14-10-18(19(20)24)23(12-14)22-9-5-8-15-17(22)11-16(21-15)13-6-3-2-4-7-13/h2-7,9,11,14,18,21H,8,10,12H2,1H3,(H2,20,24)/t14-,18-/m0/s1. The van der Waals surface area contributed by atoms with Gasteiger partial charge in [0.15, 0.2) is 0 Å². The highest BCUT2D eigenvalue weighted by Gasteiger charge is 2.41. The van der Waals surface area contributed by atoms with Crippen LogP contribution >= 0.6 is 0 Å². The maximum absolute atomic E-state index is 12.0. The van der Waals surface area contributed by atoms with E-state index in [0.717, 1.165) is 35.3 Å². The summed E-state index contributed by atoms with van der Waals surface area (Å²) in [7, 11) is -3.62. The van der Waals surface area contributed by atoms with Crippen LogP contribution in [0, 0.1) is 0 Å². The van der Waals surface area contributed by atoms with Gasteiger partial charge in [-0.15, -0.1) is 0 Å². The molecule has 148 valence electrons. The summed E-state index contributed by atoms with van der Waals surface area (Å²) >= 11 is 0. The molecule has 2 aromatic rings. The van der Waals surface area contributed by atoms with E-state index in [2.05, 4.69) is 4.98 Å². The van der Waals surface area contributed by atoms with Crippen molar-refractivity contribution < 1.29 is 17.4 Å². The molecule has 28 heavy (non-hydrogen) atoms. The lowest BCUT2D eigenvalue weighted by Crippen LogP contribution is -2.49. The minimum absolute atomic E-state index is 0.220. The fourth-order valence-electron chi connectivity index (χ4n) is 3.79. The van der Waals surface area contributed by atoms with Gasteiger partial charge in [-0.25, -0.2) is 5.01 Å². The van der Waals surface area contributed by atoms with Gasteiger partial charge >= 0.3 is 0 Å². The Morgan fingerprint density at radius 3 is 2.71 bits per heavy atom. The van der Waals surface area contributed by atoms with Crippen molar-refractivity contribution >= 4 is 21.7 Å². The van der Waals surface area contributed by atoms with Crippen LogP contribution in [0.15, 0.2) is 48.7 Å². The van der Waals surface area contributed by atoms with Crippen molar-refractivity contribution in [2.24, 2.45) is 5.73 Å². The van der Waals surface area contributed by atoms with Gasteiger partial charge < -0.3 is 10.7 Å². The number of amides is 1. The molecule has 1 aromatic heterocycles. The number of rotatable bonds is 5. The molecule has 0 unspecified atom stereocenters. The summed E-state index contributed by atoms with van der Waals surface area (Å²) < 4.78 is 28.2. The van der Waals surface area contributed by atoms with Crippen LogP contribution in [-0.4, -0.2) is 49.3 Å². The van der Waals surface area contributed by atoms with Crippen molar-refractivity contribution in [3.05, 3.63) is 54.4 Å². The highest BCUT2D eigenvalue weighted by Crippen LogP contribution is 2.35. The van der Waals surface area contributed by atoms with Gasteiger partial charge in [0.25, 0.3) is 10.1 Å². The molecule has 0 spiro atoms. The first-order valence-corrected chi connectivity index (χ1v) is 10.8. The zero-order chi connectivity index (χ0) is 19.9. The lowest BCUT2D eigenvalue weighted by Gasteiger charge is -2.35. The molecular formula is C19H22N4O4S. The number of nitrogens with two attached hydrogens (primary N) is 1. The van der Waals surface area contributed by atoms with Gasteiger partial charge in [0.2, 0.25) is 5.91 Å². The van der Waals surface area contributed by atoms with Crippen molar-refractivity contribution in [3.63, 3.8) is 0 Å². The van der Waals surface area contributed by atoms with Crippen molar-refractivity contribution in [2.45, 2.75) is 25.0 Å². The van der Waals surface area contributed by atoms with E-state index in [9.17, 15) is 13.2 Å². The number of aromatic amines is 1. The Balaban J connectivity index is 1.65. The van der Waals surface area contributed by atoms with Gasteiger partial charge in [0.1, 0.15) is 6.04 Å². The summed E-state index contributed by atoms with van der Waals surface area (Å²) in [4.78, 5) is 15.5. The number of hydrogen-bond donors (Lipinski definition) is 2. The van der Waals surface area contributed by atoms with Crippen LogP contribution in [0.2, 0.25) is 0 Å². The van der Waals surface area contributed by atoms with Gasteiger partial charge in [0.05, 0.1) is 18.0 Å². The van der Waals surface area contributed by atoms with Gasteiger partial charge in [-0.3, -0.25) is 14.0 Å². The molecule has 0 aliphatic carbocycles. The number of H-pyrrole nitrogens is 1. The maximum atomic E-state index is 12.0. The monoisotopic (exact) mass is 402 g/mol. The molecule has 3 heterocycles. The van der Waals surface area contributed by atoms with Crippen LogP contribution < -0.4 is 10.7 Å². The number of aromatic nitrogens is 1. The predicted molar refractivity (Wildman–Crippen MR) is 106 cm³/mol. The molecule has 1 amide bonds. The lowest BCUT2D eigenvalue weighted by molar-refractivity contribution is -0.122. The number of primary amides is 1. The molecule has 0 radical (unpaired) electrons. The Kier molecular flexibility index (Phi) is 4.74. The number of benzene rings is 1. The second kappa shape index (κ2) is 7.08. The first kappa shape index (κ1) is 18.7. The number of hydrazine groups is 1. The smallest absolute Gasteiger partial charge is 0.264 e. The van der Waals surface area contributed by atoms with Crippen molar-refractivity contribution in [1.29, 1.82) is 0 Å². The largest absolute Gasteiger partial charge is 0.368 e. The minimum atomic E-state index is -3.62. The molecule has 1 saturated heterocycles. The van der Waals surface area contributed by atoms with E-state index in [1.807, 2.05) is 53.7 Å². The van der Waals surface area contributed by atoms with Crippen LogP contribution in [-0.2, 0) is 25.5 Å². The van der Waals surface area contributed by atoms with Crippen LogP contribution in [0.25, 0.3) is 11.3 Å². The number of anilines is 1. The van der Waals surface area contributed by atoms with Gasteiger partial charge in [-0.05, 0) is 11.6 Å². The van der Waals surface area contributed by atoms with E-state index in [0.29, 0.717) is 0 Å². The molecule has 0 bridgehead atoms. The Morgan fingerprint density at radius 2 is 2.04 bits per heavy atom. The molecule has 1 aromatic carbocycles. The summed E-state index contributed by atoms with van der Waals surface area (Å²) in [6, 6.07) is 11.3. The zero-order valence-electron chi connectivity index (χ0n) is 15.4. The summed E-state index contributed by atoms with van der Waals surface area (Å²) in [5.74, 6) is -0.515. The topological polar surface area (TPSA) is 109 Å². The minimum Gasteiger partial charge on any atom is -0.368 e. The van der Waals surface area contributed by atoms with Crippen molar-refractivity contribution in [1.82, 2.24) is 9.99 Å². The summed E-state index contributed by atoms with van der Waals surface area (Å²) in [6.07, 6.45) is 5.19. The second-order valence-corrected chi connectivity index (χ2v) is 8.65. The highest BCUT2D eigenvalue weighted by atomic mass is 32.2. The fraction of sp³-hybridized carbons (Fsp3) is 0.316. The Hall–Kier alpha value is -2.62. The number of nitrogens with one attached hydrogen (secondary N) is 1. The molecule has 0 saturated carbocycles. The molecule has 1 fully saturated rings. The van der Waals surface area contributed by atoms with Crippen LogP contribution in [0.3, 0.4) is 0 Å². The average Bonchev–Trinajstić information content (AvgIpc) is 3.25. The molecule has 8 nitrogen and oxygen atoms in total. The van der Waals surface area contributed by atoms with E-state index in [4.69, 9.17) is 9.92 Å². The number of nitrogens with zero attached hydrogens (tertiary/aromatic N) is 2. The number of hydrogen-bond acceptors (Lipinski definition) is 6. The first-order chi connectivity index (χ1) is 13.3. The third kappa shape index (κ3) is 3.68. The maximum Gasteiger partial charge on any atom is 0.264 e. The lowest BCUT2D eigenvalue weighted by atomic mass is 10.1. The number of fused-ring (bicyclic) bond motifs is 1. The van der Waals surface area contributed by atoms with E-state index >= 15 is 0 Å². The van der Waals surface area contributed by atoms with E-state index in [1.165, 1.54) is 0 Å². The number of carbonyl (C=O) groups is 1. The first-order valence-electron chi connectivity index (χ1n) is 8.99. The van der Waals surface area contributed by atoms with Gasteiger partial charge in [0, 0.05) is 37.0 Å². The number of carbonyl (C=O) groups excluding carboxylic acids is 1. The van der Waals surface area contributed by atoms with Crippen LogP contribution in [0.5, 0.6) is 0 Å². The third-order valence-electron chi connectivity index (χ3n) is 4.93. The predicted octanol–water partition coefficient (Wildman–Crippen LogP) is 1.38. The summed E-state index contributed by atoms with van der Waals surface area (Å²) in [6.45, 7) is 0.246. The fourth-order valence-corrected chi connectivity index (χ4v) is 4.43. The SMILES string of the molecule is CS(=O)(=O)O[C@H]1C[C@@H](C(N)=O)N(N2C=CCc3[nH]c(-c4ccccc4)cc32)C1. The highest BCUT2D eigenvalue weighted by molar-refractivity contribution is 7.86. The quantitative estimate of drug-likeness (QED) is 0.732. The van der Waals surface area contributed by atoms with Crippen LogP contribution in [0.1, 0.15) is 12.1 Å². The molecular weight excluding hydrogens is 380 g/mol. The summed E-state index contributed by atoms with van der Waals surface area (Å²) in [5, 5.41) is 3.64. The molecule has 3 N–H and O–H groups in total. The Morgan fingerprint density at radius 1 is 1.29 bits per heavy atom. The average molecular weight is 402 g/mol. The number of allylic oxidation sites excluding steroid dienone is 1. The van der Waals surface area contributed by atoms with E-state index < -0.39 is 28.2 Å². The van der Waals surface area contributed by atoms with Gasteiger partial charge in [-0.2, -0.15) is 8.42 Å². The molecule has 2 aliphatic heterocycles. The normalized spacial score (nSPS) is 22.4. The molecule has 2 atom stereocenters. The summed E-state index contributed by atoms with van der Waals surface area (Å²) in [5.41, 5.74) is 9.54. The van der Waals surface area contributed by atoms with Crippen molar-refractivity contribution in [3.8, 4) is 11.3 Å². The molecule has 9 heteroatoms. The van der Waals surface area contributed by atoms with Crippen molar-refractivity contribution in [2.75, 3.05) is 17.8 Å².